The van der Waals surface area contributed by atoms with Gasteiger partial charge in [0.25, 0.3) is 5.56 Å². The Balaban J connectivity index is 1.28. The number of pyridine rings is 1. The van der Waals surface area contributed by atoms with Crippen LogP contribution >= 0.6 is 0 Å². The second-order valence-corrected chi connectivity index (χ2v) is 14.4. The van der Waals surface area contributed by atoms with Crippen LogP contribution in [-0.2, 0) is 34.8 Å². The lowest BCUT2D eigenvalue weighted by molar-refractivity contribution is 0.0181. The minimum absolute atomic E-state index is 0.0938. The number of piperidine rings is 1. The molecule has 1 aliphatic heterocycles. The summed E-state index contributed by atoms with van der Waals surface area (Å²) in [6.07, 6.45) is 7.42. The molecule has 3 heterocycles. The minimum Gasteiger partial charge on any atom is -0.457 e. The summed E-state index contributed by atoms with van der Waals surface area (Å²) in [5.41, 5.74) is 3.90. The molecule has 1 fully saturated rings. The number of fused-ring (bicyclic) bond motifs is 1. The molecule has 2 aromatic heterocycles. The van der Waals surface area contributed by atoms with E-state index in [0.717, 1.165) is 66.6 Å². The Labute approximate surface area is 261 Å². The maximum atomic E-state index is 12.7. The molecule has 9 heteroatoms. The smallest absolute Gasteiger partial charge is 0.410 e. The van der Waals surface area contributed by atoms with Gasteiger partial charge in [-0.05, 0) is 93.8 Å². The van der Waals surface area contributed by atoms with Crippen LogP contribution in [-0.4, -0.2) is 49.2 Å². The third kappa shape index (κ3) is 7.62. The lowest BCUT2D eigenvalue weighted by atomic mass is 9.90. The van der Waals surface area contributed by atoms with Crippen LogP contribution in [0.15, 0.2) is 65.7 Å². The summed E-state index contributed by atoms with van der Waals surface area (Å²) in [7, 11) is 0.787. The van der Waals surface area contributed by atoms with Crippen LogP contribution in [0.4, 0.5) is 4.79 Å². The summed E-state index contributed by atoms with van der Waals surface area (Å²) in [5, 5.41) is 0.819. The van der Waals surface area contributed by atoms with Gasteiger partial charge in [0, 0.05) is 71.3 Å². The van der Waals surface area contributed by atoms with Gasteiger partial charge in [0.1, 0.15) is 22.6 Å². The van der Waals surface area contributed by atoms with E-state index in [1.165, 1.54) is 5.56 Å². The molecular formula is C35H43N3O5S. The van der Waals surface area contributed by atoms with Crippen LogP contribution in [0, 0.1) is 5.92 Å². The number of benzene rings is 2. The zero-order chi connectivity index (χ0) is 31.4. The highest BCUT2D eigenvalue weighted by molar-refractivity contribution is 7.84. The summed E-state index contributed by atoms with van der Waals surface area (Å²) in [6, 6.07) is 16.0. The van der Waals surface area contributed by atoms with E-state index in [2.05, 4.69) is 17.1 Å². The third-order valence-corrected chi connectivity index (χ3v) is 9.44. The highest BCUT2D eigenvalue weighted by Gasteiger charge is 2.26. The second-order valence-electron chi connectivity index (χ2n) is 12.6. The van der Waals surface area contributed by atoms with Crippen LogP contribution < -0.4 is 10.3 Å². The molecule has 44 heavy (non-hydrogen) atoms. The molecule has 1 atom stereocenters. The van der Waals surface area contributed by atoms with Gasteiger partial charge in [-0.3, -0.25) is 9.00 Å². The van der Waals surface area contributed by atoms with E-state index in [0.29, 0.717) is 28.7 Å². The number of aromatic amines is 1. The number of carbonyl (C=O) groups is 1. The maximum Gasteiger partial charge on any atom is 0.410 e. The Morgan fingerprint density at radius 1 is 1.02 bits per heavy atom. The quantitative estimate of drug-likeness (QED) is 0.215. The topological polar surface area (TPSA) is 93.6 Å². The number of hydrogen-bond acceptors (Lipinski definition) is 5. The van der Waals surface area contributed by atoms with Gasteiger partial charge in [0.15, 0.2) is 0 Å². The van der Waals surface area contributed by atoms with Crippen LogP contribution in [0.3, 0.4) is 0 Å². The van der Waals surface area contributed by atoms with E-state index in [9.17, 15) is 13.8 Å². The van der Waals surface area contributed by atoms with Crippen LogP contribution in [0.2, 0.25) is 0 Å². The standard InChI is InChI=1S/C35H43N3O5S/c1-6-44(41)23-26-11-14-31(29(21-26)30-22-37(5)33(39)32-28(30)15-18-36-32)42-27-12-9-24(10-13-27)7-8-25-16-19-38(20-17-25)34(40)43-35(2,3)4/h9-15,18,21-22,25,36H,6-8,16-17,19-20,23H2,1-5H3. The van der Waals surface area contributed by atoms with Crippen molar-refractivity contribution in [3.63, 3.8) is 0 Å². The molecule has 4 aromatic rings. The lowest BCUT2D eigenvalue weighted by Gasteiger charge is -2.33. The molecule has 5 rings (SSSR count). The van der Waals surface area contributed by atoms with Crippen molar-refractivity contribution in [2.75, 3.05) is 18.8 Å². The Hall–Kier alpha value is -3.85. The number of carbonyl (C=O) groups excluding carboxylic acids is 1. The predicted octanol–water partition coefficient (Wildman–Crippen LogP) is 7.17. The number of aromatic nitrogens is 2. The molecule has 1 unspecified atom stereocenters. The number of likely N-dealkylation sites (tertiary alicyclic amines) is 1. The van der Waals surface area contributed by atoms with Gasteiger partial charge >= 0.3 is 6.09 Å². The molecule has 234 valence electrons. The molecule has 0 radical (unpaired) electrons. The number of nitrogens with one attached hydrogen (secondary N) is 1. The number of ether oxygens (including phenoxy) is 2. The zero-order valence-electron chi connectivity index (χ0n) is 26.4. The largest absolute Gasteiger partial charge is 0.457 e. The van der Waals surface area contributed by atoms with E-state index in [1.54, 1.807) is 17.8 Å². The predicted molar refractivity (Wildman–Crippen MR) is 177 cm³/mol. The van der Waals surface area contributed by atoms with Crippen molar-refractivity contribution in [1.29, 1.82) is 0 Å². The summed E-state index contributed by atoms with van der Waals surface area (Å²) in [4.78, 5) is 30.0. The van der Waals surface area contributed by atoms with Gasteiger partial charge in [-0.2, -0.15) is 0 Å². The van der Waals surface area contributed by atoms with Gasteiger partial charge < -0.3 is 23.9 Å². The van der Waals surface area contributed by atoms with E-state index in [1.807, 2.05) is 75.2 Å². The fourth-order valence-electron chi connectivity index (χ4n) is 5.69. The maximum absolute atomic E-state index is 12.7. The summed E-state index contributed by atoms with van der Waals surface area (Å²) >= 11 is 0. The van der Waals surface area contributed by atoms with Crippen molar-refractivity contribution < 1.29 is 18.5 Å². The van der Waals surface area contributed by atoms with Crippen molar-refractivity contribution in [1.82, 2.24) is 14.5 Å². The zero-order valence-corrected chi connectivity index (χ0v) is 27.2. The highest BCUT2D eigenvalue weighted by atomic mass is 32.2. The van der Waals surface area contributed by atoms with E-state index >= 15 is 0 Å². The van der Waals surface area contributed by atoms with Crippen molar-refractivity contribution in [3.05, 3.63) is 82.4 Å². The monoisotopic (exact) mass is 617 g/mol. The number of H-pyrrole nitrogens is 1. The van der Waals surface area contributed by atoms with Crippen molar-refractivity contribution in [2.45, 2.75) is 64.7 Å². The van der Waals surface area contributed by atoms with Gasteiger partial charge in [-0.25, -0.2) is 4.79 Å². The van der Waals surface area contributed by atoms with Crippen molar-refractivity contribution in [2.24, 2.45) is 13.0 Å². The molecule has 0 spiro atoms. The van der Waals surface area contributed by atoms with Crippen LogP contribution in [0.5, 0.6) is 11.5 Å². The van der Waals surface area contributed by atoms with E-state index in [4.69, 9.17) is 9.47 Å². The molecule has 0 saturated carbocycles. The first kappa shape index (κ1) is 31.6. The molecule has 1 amide bonds. The Morgan fingerprint density at radius 2 is 1.73 bits per heavy atom. The number of rotatable bonds is 9. The number of amides is 1. The minimum atomic E-state index is -0.955. The van der Waals surface area contributed by atoms with Gasteiger partial charge in [-0.15, -0.1) is 0 Å². The molecular weight excluding hydrogens is 574 g/mol. The van der Waals surface area contributed by atoms with Gasteiger partial charge in [0.05, 0.1) is 0 Å². The normalized spacial score (nSPS) is 15.0. The summed E-state index contributed by atoms with van der Waals surface area (Å²) in [5.74, 6) is 3.02. The van der Waals surface area contributed by atoms with Gasteiger partial charge in [-0.1, -0.05) is 25.1 Å². The molecule has 0 bridgehead atoms. The third-order valence-electron chi connectivity index (χ3n) is 8.14. The van der Waals surface area contributed by atoms with Crippen molar-refractivity contribution >= 4 is 27.8 Å². The second kappa shape index (κ2) is 13.4. The first-order valence-electron chi connectivity index (χ1n) is 15.4. The SMILES string of the molecule is CCS(=O)Cc1ccc(Oc2ccc(CCC3CCN(C(=O)OC(C)(C)C)CC3)cc2)c(-c2cn(C)c(=O)c3[nH]ccc23)c1. The Kier molecular flexibility index (Phi) is 9.63. The molecule has 2 aromatic carbocycles. The van der Waals surface area contributed by atoms with Crippen LogP contribution in [0.1, 0.15) is 58.1 Å². The fraction of sp³-hybridized carbons (Fsp3) is 0.429. The molecule has 8 nitrogen and oxygen atoms in total. The van der Waals surface area contributed by atoms with Gasteiger partial charge in [0.2, 0.25) is 0 Å². The van der Waals surface area contributed by atoms with E-state index < -0.39 is 16.4 Å². The number of aryl methyl sites for hydroxylation is 2. The van der Waals surface area contributed by atoms with Crippen LogP contribution in [0.25, 0.3) is 22.0 Å². The molecule has 1 N–H and O–H groups in total. The number of nitrogens with zero attached hydrogens (tertiary/aromatic N) is 2. The average molecular weight is 618 g/mol. The number of hydrogen-bond donors (Lipinski definition) is 1. The lowest BCUT2D eigenvalue weighted by Crippen LogP contribution is -2.41. The highest BCUT2D eigenvalue weighted by Crippen LogP contribution is 2.37. The molecule has 0 aliphatic carbocycles. The Morgan fingerprint density at radius 3 is 2.41 bits per heavy atom. The fourth-order valence-corrected chi connectivity index (χ4v) is 6.45. The average Bonchev–Trinajstić information content (AvgIpc) is 3.49. The summed E-state index contributed by atoms with van der Waals surface area (Å²) < 4.78 is 25.9. The molecule has 1 saturated heterocycles. The summed E-state index contributed by atoms with van der Waals surface area (Å²) in [6.45, 7) is 9.10. The first-order chi connectivity index (χ1) is 21.0. The first-order valence-corrected chi connectivity index (χ1v) is 16.9. The molecule has 1 aliphatic rings. The Bertz CT molecular complexity index is 1690. The van der Waals surface area contributed by atoms with Crippen molar-refractivity contribution in [3.8, 4) is 22.6 Å². The van der Waals surface area contributed by atoms with E-state index in [-0.39, 0.29) is 11.7 Å².